The van der Waals surface area contributed by atoms with Crippen LogP contribution in [-0.2, 0) is 7.05 Å². The molecular weight excluding hydrogens is 228 g/mol. The Labute approximate surface area is 96.8 Å². The summed E-state index contributed by atoms with van der Waals surface area (Å²) in [5, 5.41) is 7.79. The molecule has 2 N–H and O–H groups in total. The molecule has 82 valence electrons. The lowest BCUT2D eigenvalue weighted by atomic mass is 10.1. The van der Waals surface area contributed by atoms with Crippen LogP contribution in [0.3, 0.4) is 0 Å². The number of rotatable bonds is 2. The number of hydrogen-bond donors (Lipinski definition) is 1. The lowest BCUT2D eigenvalue weighted by molar-refractivity contribution is 0.103. The smallest absolute Gasteiger partial charge is 0.214 e. The number of nitrogens with two attached hydrogens (primary N) is 1. The second kappa shape index (κ2) is 3.94. The van der Waals surface area contributed by atoms with Gasteiger partial charge in [0, 0.05) is 23.3 Å². The van der Waals surface area contributed by atoms with Gasteiger partial charge in [-0.15, -0.1) is 5.10 Å². The summed E-state index contributed by atoms with van der Waals surface area (Å²) in [6.07, 6.45) is 1.39. The molecule has 0 saturated carbocycles. The first-order valence-electron chi connectivity index (χ1n) is 4.54. The Balaban J connectivity index is 2.49. The minimum absolute atomic E-state index is 0.243. The SMILES string of the molecule is Cn1nncc1C(=O)c1cc(Cl)ccc1N. The van der Waals surface area contributed by atoms with Gasteiger partial charge in [0.25, 0.3) is 0 Å². The third-order valence-electron chi connectivity index (χ3n) is 2.21. The first-order chi connectivity index (χ1) is 7.59. The molecule has 0 aliphatic heterocycles. The molecule has 0 aliphatic rings. The Bertz CT molecular complexity index is 550. The highest BCUT2D eigenvalue weighted by atomic mass is 35.5. The maximum atomic E-state index is 12.1. The van der Waals surface area contributed by atoms with E-state index in [0.717, 1.165) is 0 Å². The molecule has 16 heavy (non-hydrogen) atoms. The topological polar surface area (TPSA) is 73.8 Å². The summed E-state index contributed by atoms with van der Waals surface area (Å²) in [5.41, 5.74) is 6.83. The van der Waals surface area contributed by atoms with E-state index in [0.29, 0.717) is 22.0 Å². The maximum Gasteiger partial charge on any atom is 0.214 e. The molecule has 0 bridgehead atoms. The number of carbonyl (C=O) groups excluding carboxylic acids is 1. The van der Waals surface area contributed by atoms with Crippen molar-refractivity contribution >= 4 is 23.1 Å². The largest absolute Gasteiger partial charge is 0.398 e. The van der Waals surface area contributed by atoms with E-state index in [-0.39, 0.29) is 5.78 Å². The fourth-order valence-electron chi connectivity index (χ4n) is 1.36. The van der Waals surface area contributed by atoms with Gasteiger partial charge in [-0.25, -0.2) is 4.68 Å². The fourth-order valence-corrected chi connectivity index (χ4v) is 1.53. The van der Waals surface area contributed by atoms with Crippen LogP contribution >= 0.6 is 11.6 Å². The van der Waals surface area contributed by atoms with Crippen LogP contribution in [0.1, 0.15) is 16.1 Å². The predicted octanol–water partition coefficient (Wildman–Crippen LogP) is 1.28. The molecule has 0 saturated heterocycles. The highest BCUT2D eigenvalue weighted by Gasteiger charge is 2.16. The lowest BCUT2D eigenvalue weighted by Crippen LogP contribution is -2.10. The van der Waals surface area contributed by atoms with Gasteiger partial charge in [0.05, 0.1) is 6.20 Å². The van der Waals surface area contributed by atoms with E-state index in [1.807, 2.05) is 0 Å². The number of aryl methyl sites for hydroxylation is 1. The molecule has 1 aromatic heterocycles. The number of nitrogen functional groups attached to an aromatic ring is 1. The van der Waals surface area contributed by atoms with E-state index in [1.165, 1.54) is 16.9 Å². The van der Waals surface area contributed by atoms with E-state index in [2.05, 4.69) is 10.3 Å². The number of hydrogen-bond acceptors (Lipinski definition) is 4. The van der Waals surface area contributed by atoms with E-state index < -0.39 is 0 Å². The molecule has 0 unspecified atom stereocenters. The van der Waals surface area contributed by atoms with E-state index in [1.54, 1.807) is 19.2 Å². The van der Waals surface area contributed by atoms with Gasteiger partial charge in [-0.1, -0.05) is 16.8 Å². The van der Waals surface area contributed by atoms with Crippen molar-refractivity contribution in [2.75, 3.05) is 5.73 Å². The summed E-state index contributed by atoms with van der Waals surface area (Å²) >= 11 is 5.82. The summed E-state index contributed by atoms with van der Waals surface area (Å²) < 4.78 is 1.39. The fraction of sp³-hybridized carbons (Fsp3) is 0.100. The monoisotopic (exact) mass is 236 g/mol. The van der Waals surface area contributed by atoms with Crippen molar-refractivity contribution in [3.8, 4) is 0 Å². The Morgan fingerprint density at radius 2 is 2.25 bits per heavy atom. The molecule has 1 aromatic carbocycles. The number of aromatic nitrogens is 3. The molecular formula is C10H9ClN4O. The molecule has 5 nitrogen and oxygen atoms in total. The molecule has 0 atom stereocenters. The van der Waals surface area contributed by atoms with Gasteiger partial charge in [-0.2, -0.15) is 0 Å². The first-order valence-corrected chi connectivity index (χ1v) is 4.92. The van der Waals surface area contributed by atoms with E-state index in [9.17, 15) is 4.79 Å². The van der Waals surface area contributed by atoms with Gasteiger partial charge >= 0.3 is 0 Å². The zero-order chi connectivity index (χ0) is 11.7. The summed E-state index contributed by atoms with van der Waals surface area (Å²) in [6.45, 7) is 0. The van der Waals surface area contributed by atoms with Crippen molar-refractivity contribution in [1.82, 2.24) is 15.0 Å². The molecule has 0 fully saturated rings. The van der Waals surface area contributed by atoms with Crippen LogP contribution in [0.15, 0.2) is 24.4 Å². The van der Waals surface area contributed by atoms with Gasteiger partial charge in [-0.05, 0) is 18.2 Å². The van der Waals surface area contributed by atoms with Crippen LogP contribution in [0.2, 0.25) is 5.02 Å². The lowest BCUT2D eigenvalue weighted by Gasteiger charge is -2.04. The van der Waals surface area contributed by atoms with Crippen molar-refractivity contribution in [3.63, 3.8) is 0 Å². The number of ketones is 1. The second-order valence-corrected chi connectivity index (χ2v) is 3.74. The maximum absolute atomic E-state index is 12.1. The first kappa shape index (κ1) is 10.6. The molecule has 0 spiro atoms. The predicted molar refractivity (Wildman–Crippen MR) is 60.3 cm³/mol. The van der Waals surface area contributed by atoms with Crippen LogP contribution in [0.25, 0.3) is 0 Å². The zero-order valence-electron chi connectivity index (χ0n) is 8.51. The molecule has 1 heterocycles. The van der Waals surface area contributed by atoms with E-state index >= 15 is 0 Å². The van der Waals surface area contributed by atoms with Crippen molar-refractivity contribution in [1.29, 1.82) is 0 Å². The number of anilines is 1. The van der Waals surface area contributed by atoms with Crippen LogP contribution < -0.4 is 5.73 Å². The second-order valence-electron chi connectivity index (χ2n) is 3.30. The standard InChI is InChI=1S/C10H9ClN4O/c1-15-9(5-13-14-15)10(16)7-4-6(11)2-3-8(7)12/h2-5H,12H2,1H3. The average molecular weight is 237 g/mol. The molecule has 0 amide bonds. The normalized spacial score (nSPS) is 10.4. The average Bonchev–Trinajstić information content (AvgIpc) is 2.67. The summed E-state index contributed by atoms with van der Waals surface area (Å²) in [5.74, 6) is -0.243. The van der Waals surface area contributed by atoms with Gasteiger partial charge < -0.3 is 5.73 Å². The third-order valence-corrected chi connectivity index (χ3v) is 2.44. The van der Waals surface area contributed by atoms with Crippen molar-refractivity contribution in [3.05, 3.63) is 40.7 Å². The summed E-state index contributed by atoms with van der Waals surface area (Å²) in [6, 6.07) is 4.76. The Morgan fingerprint density at radius 3 is 2.88 bits per heavy atom. The third kappa shape index (κ3) is 1.77. The molecule has 2 rings (SSSR count). The van der Waals surface area contributed by atoms with Gasteiger partial charge in [0.1, 0.15) is 5.69 Å². The van der Waals surface area contributed by atoms with Crippen molar-refractivity contribution < 1.29 is 4.79 Å². The number of carbonyl (C=O) groups is 1. The quantitative estimate of drug-likeness (QED) is 0.630. The molecule has 6 heteroatoms. The zero-order valence-corrected chi connectivity index (χ0v) is 9.27. The minimum atomic E-state index is -0.243. The highest BCUT2D eigenvalue weighted by molar-refractivity contribution is 6.31. The molecule has 2 aromatic rings. The molecule has 0 aliphatic carbocycles. The van der Waals surface area contributed by atoms with Crippen LogP contribution in [-0.4, -0.2) is 20.8 Å². The number of halogens is 1. The number of nitrogens with zero attached hydrogens (tertiary/aromatic N) is 3. The van der Waals surface area contributed by atoms with Crippen LogP contribution in [0.4, 0.5) is 5.69 Å². The van der Waals surface area contributed by atoms with Gasteiger partial charge in [-0.3, -0.25) is 4.79 Å². The number of benzene rings is 1. The van der Waals surface area contributed by atoms with Gasteiger partial charge in [0.15, 0.2) is 0 Å². The van der Waals surface area contributed by atoms with Crippen molar-refractivity contribution in [2.24, 2.45) is 7.05 Å². The minimum Gasteiger partial charge on any atom is -0.398 e. The van der Waals surface area contributed by atoms with Crippen LogP contribution in [0.5, 0.6) is 0 Å². The Hall–Kier alpha value is -1.88. The van der Waals surface area contributed by atoms with Crippen LogP contribution in [0, 0.1) is 0 Å². The Morgan fingerprint density at radius 1 is 1.50 bits per heavy atom. The summed E-state index contributed by atoms with van der Waals surface area (Å²) in [4.78, 5) is 12.1. The highest BCUT2D eigenvalue weighted by Crippen LogP contribution is 2.20. The van der Waals surface area contributed by atoms with E-state index in [4.69, 9.17) is 17.3 Å². The van der Waals surface area contributed by atoms with Gasteiger partial charge in [0.2, 0.25) is 5.78 Å². The summed E-state index contributed by atoms with van der Waals surface area (Å²) in [7, 11) is 1.64. The Kier molecular flexibility index (Phi) is 2.62. The van der Waals surface area contributed by atoms with Crippen molar-refractivity contribution in [2.45, 2.75) is 0 Å². The molecule has 0 radical (unpaired) electrons.